The fourth-order valence-corrected chi connectivity index (χ4v) is 2.30. The van der Waals surface area contributed by atoms with Crippen molar-refractivity contribution in [1.29, 1.82) is 0 Å². The number of aliphatic imine (C=N–C) groups is 1. The Kier molecular flexibility index (Phi) is 10.9. The van der Waals surface area contributed by atoms with Gasteiger partial charge in [-0.3, -0.25) is 4.79 Å². The molecule has 0 atom stereocenters. The summed E-state index contributed by atoms with van der Waals surface area (Å²) < 4.78 is 9.79. The van der Waals surface area contributed by atoms with E-state index >= 15 is 0 Å². The van der Waals surface area contributed by atoms with Crippen LogP contribution in [0.3, 0.4) is 0 Å². The van der Waals surface area contributed by atoms with Gasteiger partial charge in [-0.1, -0.05) is 25.0 Å². The second kappa shape index (κ2) is 13.1. The van der Waals surface area contributed by atoms with Crippen LogP contribution in [0.15, 0.2) is 29.3 Å². The first-order valence-electron chi connectivity index (χ1n) is 8.91. The maximum absolute atomic E-state index is 11.0. The van der Waals surface area contributed by atoms with Gasteiger partial charge in [0, 0.05) is 19.5 Å². The molecule has 0 aliphatic rings. The molecule has 140 valence electrons. The van der Waals surface area contributed by atoms with Gasteiger partial charge in [-0.25, -0.2) is 4.99 Å². The molecule has 0 unspecified atom stereocenters. The summed E-state index contributed by atoms with van der Waals surface area (Å²) in [6, 6.07) is 7.93. The number of nitrogens with one attached hydrogen (secondary N) is 2. The topological polar surface area (TPSA) is 72.0 Å². The molecular formula is C19H31N3O3. The number of carbonyl (C=O) groups is 1. The molecule has 1 aromatic rings. The van der Waals surface area contributed by atoms with Crippen molar-refractivity contribution in [2.45, 2.75) is 45.6 Å². The number of esters is 1. The Labute approximate surface area is 151 Å². The van der Waals surface area contributed by atoms with Crippen LogP contribution in [0.5, 0.6) is 5.75 Å². The molecule has 0 fully saturated rings. The van der Waals surface area contributed by atoms with Crippen molar-refractivity contribution in [3.8, 4) is 5.75 Å². The zero-order chi connectivity index (χ0) is 18.3. The standard InChI is InChI=1S/C19H31N3O3/c1-4-20-19(21-14-8-6-5-7-9-18(23)25-3)22-15-16-10-12-17(24-2)13-11-16/h10-13H,4-9,14-15H2,1-3H3,(H2,20,21,22). The van der Waals surface area contributed by atoms with E-state index in [2.05, 4.69) is 27.3 Å². The number of ether oxygens (including phenoxy) is 2. The van der Waals surface area contributed by atoms with Gasteiger partial charge in [0.15, 0.2) is 5.96 Å². The lowest BCUT2D eigenvalue weighted by Crippen LogP contribution is -2.37. The van der Waals surface area contributed by atoms with Gasteiger partial charge in [0.25, 0.3) is 0 Å². The van der Waals surface area contributed by atoms with Gasteiger partial charge >= 0.3 is 5.97 Å². The predicted molar refractivity (Wildman–Crippen MR) is 101 cm³/mol. The Morgan fingerprint density at radius 1 is 1.04 bits per heavy atom. The zero-order valence-corrected chi connectivity index (χ0v) is 15.6. The smallest absolute Gasteiger partial charge is 0.305 e. The summed E-state index contributed by atoms with van der Waals surface area (Å²) in [7, 11) is 3.09. The van der Waals surface area contributed by atoms with E-state index in [-0.39, 0.29) is 5.97 Å². The van der Waals surface area contributed by atoms with Crippen LogP contribution in [-0.4, -0.2) is 39.2 Å². The first-order chi connectivity index (χ1) is 12.2. The molecule has 0 saturated carbocycles. The van der Waals surface area contributed by atoms with E-state index in [9.17, 15) is 4.79 Å². The highest BCUT2D eigenvalue weighted by Gasteiger charge is 2.00. The number of guanidine groups is 1. The third kappa shape index (κ3) is 9.59. The van der Waals surface area contributed by atoms with Crippen molar-refractivity contribution in [1.82, 2.24) is 10.6 Å². The number of hydrogen-bond donors (Lipinski definition) is 2. The highest BCUT2D eigenvalue weighted by molar-refractivity contribution is 5.79. The summed E-state index contributed by atoms with van der Waals surface area (Å²) in [6.07, 6.45) is 4.57. The number of nitrogens with zero attached hydrogens (tertiary/aromatic N) is 1. The highest BCUT2D eigenvalue weighted by atomic mass is 16.5. The van der Waals surface area contributed by atoms with E-state index in [4.69, 9.17) is 4.74 Å². The molecule has 6 nitrogen and oxygen atoms in total. The van der Waals surface area contributed by atoms with Crippen molar-refractivity contribution in [2.24, 2.45) is 4.99 Å². The third-order valence-corrected chi connectivity index (χ3v) is 3.75. The van der Waals surface area contributed by atoms with Gasteiger partial charge in [0.05, 0.1) is 20.8 Å². The van der Waals surface area contributed by atoms with Crippen LogP contribution in [0.4, 0.5) is 0 Å². The van der Waals surface area contributed by atoms with E-state index in [1.807, 2.05) is 24.3 Å². The molecule has 0 aliphatic carbocycles. The molecule has 25 heavy (non-hydrogen) atoms. The maximum Gasteiger partial charge on any atom is 0.305 e. The SMILES string of the molecule is CCNC(=NCc1ccc(OC)cc1)NCCCCCCC(=O)OC. The van der Waals surface area contributed by atoms with Crippen LogP contribution < -0.4 is 15.4 Å². The number of benzene rings is 1. The lowest BCUT2D eigenvalue weighted by Gasteiger charge is -2.11. The summed E-state index contributed by atoms with van der Waals surface area (Å²) in [5.41, 5.74) is 1.14. The molecular weight excluding hydrogens is 318 g/mol. The third-order valence-electron chi connectivity index (χ3n) is 3.75. The predicted octanol–water partition coefficient (Wildman–Crippen LogP) is 2.87. The van der Waals surface area contributed by atoms with Crippen LogP contribution in [-0.2, 0) is 16.1 Å². The van der Waals surface area contributed by atoms with Gasteiger partial charge in [-0.05, 0) is 37.5 Å². The van der Waals surface area contributed by atoms with Gasteiger partial charge in [0.1, 0.15) is 5.75 Å². The largest absolute Gasteiger partial charge is 0.497 e. The molecule has 0 radical (unpaired) electrons. The number of methoxy groups -OCH3 is 2. The van der Waals surface area contributed by atoms with E-state index in [1.165, 1.54) is 7.11 Å². The van der Waals surface area contributed by atoms with E-state index in [1.54, 1.807) is 7.11 Å². The molecule has 1 rings (SSSR count). The van der Waals surface area contributed by atoms with Gasteiger partial charge < -0.3 is 20.1 Å². The Hall–Kier alpha value is -2.24. The second-order valence-corrected chi connectivity index (χ2v) is 5.71. The molecule has 0 spiro atoms. The number of carbonyl (C=O) groups excluding carboxylic acids is 1. The normalized spacial score (nSPS) is 11.1. The average molecular weight is 349 g/mol. The van der Waals surface area contributed by atoms with Crippen LogP contribution in [0.2, 0.25) is 0 Å². The van der Waals surface area contributed by atoms with E-state index in [0.29, 0.717) is 13.0 Å². The summed E-state index contributed by atoms with van der Waals surface area (Å²) in [5.74, 6) is 1.55. The van der Waals surface area contributed by atoms with E-state index in [0.717, 1.165) is 56.0 Å². The average Bonchev–Trinajstić information content (AvgIpc) is 2.65. The molecule has 0 bridgehead atoms. The Bertz CT molecular complexity index is 515. The Morgan fingerprint density at radius 3 is 2.40 bits per heavy atom. The Morgan fingerprint density at radius 2 is 1.76 bits per heavy atom. The fourth-order valence-electron chi connectivity index (χ4n) is 2.30. The maximum atomic E-state index is 11.0. The van der Waals surface area contributed by atoms with Crippen molar-refractivity contribution in [3.05, 3.63) is 29.8 Å². The first kappa shape index (κ1) is 20.8. The molecule has 1 aromatic carbocycles. The van der Waals surface area contributed by atoms with Gasteiger partial charge in [-0.15, -0.1) is 0 Å². The lowest BCUT2D eigenvalue weighted by molar-refractivity contribution is -0.140. The quantitative estimate of drug-likeness (QED) is 0.278. The minimum absolute atomic E-state index is 0.127. The van der Waals surface area contributed by atoms with Crippen LogP contribution >= 0.6 is 0 Å². The van der Waals surface area contributed by atoms with Crippen molar-refractivity contribution < 1.29 is 14.3 Å². The molecule has 0 heterocycles. The molecule has 0 amide bonds. The molecule has 0 aromatic heterocycles. The second-order valence-electron chi connectivity index (χ2n) is 5.71. The first-order valence-corrected chi connectivity index (χ1v) is 8.91. The molecule has 0 aliphatic heterocycles. The molecule has 2 N–H and O–H groups in total. The number of unbranched alkanes of at least 4 members (excludes halogenated alkanes) is 3. The summed E-state index contributed by atoms with van der Waals surface area (Å²) in [4.78, 5) is 15.6. The fraction of sp³-hybridized carbons (Fsp3) is 0.579. The highest BCUT2D eigenvalue weighted by Crippen LogP contribution is 2.11. The number of rotatable bonds is 11. The summed E-state index contributed by atoms with van der Waals surface area (Å²) in [5, 5.41) is 6.60. The molecule has 0 saturated heterocycles. The van der Waals surface area contributed by atoms with Crippen LogP contribution in [0.1, 0.15) is 44.6 Å². The minimum atomic E-state index is -0.127. The number of hydrogen-bond acceptors (Lipinski definition) is 4. The lowest BCUT2D eigenvalue weighted by atomic mass is 10.1. The van der Waals surface area contributed by atoms with Gasteiger partial charge in [0.2, 0.25) is 0 Å². The van der Waals surface area contributed by atoms with Crippen molar-refractivity contribution in [3.63, 3.8) is 0 Å². The summed E-state index contributed by atoms with van der Waals surface area (Å²) >= 11 is 0. The minimum Gasteiger partial charge on any atom is -0.497 e. The van der Waals surface area contributed by atoms with Crippen molar-refractivity contribution >= 4 is 11.9 Å². The van der Waals surface area contributed by atoms with Crippen LogP contribution in [0.25, 0.3) is 0 Å². The molecule has 6 heteroatoms. The monoisotopic (exact) mass is 349 g/mol. The Balaban J connectivity index is 2.27. The van der Waals surface area contributed by atoms with Gasteiger partial charge in [-0.2, -0.15) is 0 Å². The van der Waals surface area contributed by atoms with E-state index < -0.39 is 0 Å². The zero-order valence-electron chi connectivity index (χ0n) is 15.6. The summed E-state index contributed by atoms with van der Waals surface area (Å²) in [6.45, 7) is 4.37. The van der Waals surface area contributed by atoms with Crippen molar-refractivity contribution in [2.75, 3.05) is 27.3 Å². The van der Waals surface area contributed by atoms with Crippen LogP contribution in [0, 0.1) is 0 Å².